The quantitative estimate of drug-likeness (QED) is 0.846. The Kier molecular flexibility index (Phi) is 4.39. The molecule has 1 aromatic carbocycles. The van der Waals surface area contributed by atoms with Crippen molar-refractivity contribution in [1.29, 1.82) is 0 Å². The van der Waals surface area contributed by atoms with E-state index in [1.54, 1.807) is 0 Å². The number of benzene rings is 1. The molecule has 3 rings (SSSR count). The molecule has 2 aromatic rings. The van der Waals surface area contributed by atoms with E-state index in [9.17, 15) is 0 Å². The Balaban J connectivity index is 1.76. The van der Waals surface area contributed by atoms with Crippen molar-refractivity contribution < 1.29 is 0 Å². The molecule has 0 fully saturated rings. The van der Waals surface area contributed by atoms with Crippen LogP contribution in [0.4, 0.5) is 0 Å². The van der Waals surface area contributed by atoms with Crippen molar-refractivity contribution in [3.63, 3.8) is 0 Å². The second-order valence-electron chi connectivity index (χ2n) is 5.90. The van der Waals surface area contributed by atoms with Crippen molar-refractivity contribution in [2.45, 2.75) is 51.6 Å². The van der Waals surface area contributed by atoms with Crippen LogP contribution >= 0.6 is 0 Å². The molecule has 21 heavy (non-hydrogen) atoms. The van der Waals surface area contributed by atoms with Gasteiger partial charge in [0, 0.05) is 37.3 Å². The summed E-state index contributed by atoms with van der Waals surface area (Å²) in [6.45, 7) is 6.48. The molecular weight excluding hydrogens is 258 g/mol. The lowest BCUT2D eigenvalue weighted by molar-refractivity contribution is 0.387. The zero-order chi connectivity index (χ0) is 14.7. The van der Waals surface area contributed by atoms with Gasteiger partial charge in [0.05, 0.1) is 0 Å². The van der Waals surface area contributed by atoms with Crippen LogP contribution in [-0.2, 0) is 19.4 Å². The summed E-state index contributed by atoms with van der Waals surface area (Å²) in [5, 5.41) is 3.75. The average molecular weight is 283 g/mol. The molecule has 3 nitrogen and oxygen atoms in total. The van der Waals surface area contributed by atoms with Crippen LogP contribution in [0.1, 0.15) is 43.1 Å². The molecule has 0 saturated heterocycles. The van der Waals surface area contributed by atoms with Gasteiger partial charge < -0.3 is 9.88 Å². The van der Waals surface area contributed by atoms with Gasteiger partial charge in [-0.2, -0.15) is 0 Å². The Morgan fingerprint density at radius 1 is 1.33 bits per heavy atom. The van der Waals surface area contributed by atoms with E-state index in [1.165, 1.54) is 29.8 Å². The molecule has 0 amide bonds. The number of fused-ring (bicyclic) bond motifs is 1. The smallest absolute Gasteiger partial charge is 0.110 e. The topological polar surface area (TPSA) is 29.9 Å². The molecule has 1 aliphatic rings. The molecule has 1 aromatic heterocycles. The molecular formula is C18H25N3. The van der Waals surface area contributed by atoms with Crippen molar-refractivity contribution >= 4 is 0 Å². The fourth-order valence-corrected chi connectivity index (χ4v) is 3.36. The Bertz CT molecular complexity index is 588. The van der Waals surface area contributed by atoms with E-state index >= 15 is 0 Å². The normalized spacial score (nSPS) is 18.1. The van der Waals surface area contributed by atoms with Gasteiger partial charge >= 0.3 is 0 Å². The molecule has 1 heterocycles. The molecule has 0 bridgehead atoms. The maximum Gasteiger partial charge on any atom is 0.110 e. The molecule has 3 heteroatoms. The first-order valence-electron chi connectivity index (χ1n) is 8.14. The van der Waals surface area contributed by atoms with Gasteiger partial charge in [-0.3, -0.25) is 0 Å². The lowest BCUT2D eigenvalue weighted by Crippen LogP contribution is -2.42. The van der Waals surface area contributed by atoms with E-state index in [4.69, 9.17) is 0 Å². The highest BCUT2D eigenvalue weighted by molar-refractivity contribution is 5.41. The summed E-state index contributed by atoms with van der Waals surface area (Å²) in [6, 6.07) is 9.35. The van der Waals surface area contributed by atoms with Gasteiger partial charge in [0.25, 0.3) is 0 Å². The second-order valence-corrected chi connectivity index (χ2v) is 5.90. The van der Waals surface area contributed by atoms with Crippen molar-refractivity contribution in [2.75, 3.05) is 6.54 Å². The minimum atomic E-state index is 0.493. The van der Waals surface area contributed by atoms with E-state index in [0.29, 0.717) is 12.0 Å². The summed E-state index contributed by atoms with van der Waals surface area (Å²) in [5.41, 5.74) is 3.05. The maximum atomic E-state index is 4.55. The van der Waals surface area contributed by atoms with E-state index in [1.807, 2.05) is 6.20 Å². The summed E-state index contributed by atoms with van der Waals surface area (Å²) in [4.78, 5) is 4.55. The highest BCUT2D eigenvalue weighted by atomic mass is 15.1. The van der Waals surface area contributed by atoms with E-state index in [0.717, 1.165) is 19.5 Å². The lowest BCUT2D eigenvalue weighted by Gasteiger charge is -2.37. The third-order valence-electron chi connectivity index (χ3n) is 4.58. The zero-order valence-corrected chi connectivity index (χ0v) is 13.0. The third kappa shape index (κ3) is 2.88. The fraction of sp³-hybridized carbons (Fsp3) is 0.500. The van der Waals surface area contributed by atoms with E-state index in [-0.39, 0.29) is 0 Å². The Morgan fingerprint density at radius 3 is 2.95 bits per heavy atom. The Morgan fingerprint density at radius 2 is 2.19 bits per heavy atom. The van der Waals surface area contributed by atoms with Crippen molar-refractivity contribution in [3.8, 4) is 0 Å². The predicted molar refractivity (Wildman–Crippen MR) is 86.6 cm³/mol. The van der Waals surface area contributed by atoms with E-state index < -0.39 is 0 Å². The zero-order valence-electron chi connectivity index (χ0n) is 13.0. The molecule has 112 valence electrons. The number of aryl methyl sites for hydroxylation is 1. The van der Waals surface area contributed by atoms with Crippen LogP contribution < -0.4 is 5.32 Å². The maximum absolute atomic E-state index is 4.55. The molecule has 0 spiro atoms. The van der Waals surface area contributed by atoms with Crippen LogP contribution in [0.5, 0.6) is 0 Å². The van der Waals surface area contributed by atoms with Crippen LogP contribution in [0, 0.1) is 0 Å². The average Bonchev–Trinajstić information content (AvgIpc) is 2.93. The van der Waals surface area contributed by atoms with Gasteiger partial charge in [-0.05, 0) is 37.4 Å². The van der Waals surface area contributed by atoms with Crippen LogP contribution in [-0.4, -0.2) is 22.1 Å². The van der Waals surface area contributed by atoms with Crippen molar-refractivity contribution in [2.24, 2.45) is 0 Å². The first-order chi connectivity index (χ1) is 10.3. The highest BCUT2D eigenvalue weighted by Crippen LogP contribution is 2.38. The molecule has 0 aliphatic heterocycles. The summed E-state index contributed by atoms with van der Waals surface area (Å²) >= 11 is 0. The SMILES string of the molecule is CCCNC(Cc1nccn1CC)C1Cc2ccccc21. The monoisotopic (exact) mass is 283 g/mol. The third-order valence-corrected chi connectivity index (χ3v) is 4.58. The number of nitrogens with zero attached hydrogens (tertiary/aromatic N) is 2. The van der Waals surface area contributed by atoms with Crippen molar-refractivity contribution in [1.82, 2.24) is 14.9 Å². The first kappa shape index (κ1) is 14.3. The van der Waals surface area contributed by atoms with Gasteiger partial charge in [0.15, 0.2) is 0 Å². The highest BCUT2D eigenvalue weighted by Gasteiger charge is 2.33. The number of rotatable bonds is 7. The minimum absolute atomic E-state index is 0.493. The molecule has 1 N–H and O–H groups in total. The Labute approximate surface area is 127 Å². The standard InChI is InChI=1S/C18H25N3/c1-3-9-19-17(13-18-20-10-11-21(18)4-2)16-12-14-7-5-6-8-15(14)16/h5-8,10-11,16-17,19H,3-4,9,12-13H2,1-2H3. The fourth-order valence-electron chi connectivity index (χ4n) is 3.36. The lowest BCUT2D eigenvalue weighted by atomic mass is 9.72. The molecule has 2 atom stereocenters. The van der Waals surface area contributed by atoms with Gasteiger partial charge in [0.2, 0.25) is 0 Å². The number of aromatic nitrogens is 2. The number of nitrogens with one attached hydrogen (secondary N) is 1. The van der Waals surface area contributed by atoms with Gasteiger partial charge in [-0.15, -0.1) is 0 Å². The van der Waals surface area contributed by atoms with Crippen LogP contribution in [0.2, 0.25) is 0 Å². The summed E-state index contributed by atoms with van der Waals surface area (Å²) in [7, 11) is 0. The molecule has 0 saturated carbocycles. The summed E-state index contributed by atoms with van der Waals surface area (Å²) in [6.07, 6.45) is 7.39. The summed E-state index contributed by atoms with van der Waals surface area (Å²) < 4.78 is 2.26. The van der Waals surface area contributed by atoms with Crippen LogP contribution in [0.3, 0.4) is 0 Å². The van der Waals surface area contributed by atoms with Gasteiger partial charge in [-0.1, -0.05) is 31.2 Å². The minimum Gasteiger partial charge on any atom is -0.335 e. The first-order valence-corrected chi connectivity index (χ1v) is 8.14. The molecule has 0 radical (unpaired) electrons. The van der Waals surface area contributed by atoms with Crippen LogP contribution in [0.25, 0.3) is 0 Å². The number of hydrogen-bond donors (Lipinski definition) is 1. The van der Waals surface area contributed by atoms with Crippen molar-refractivity contribution in [3.05, 3.63) is 53.6 Å². The largest absolute Gasteiger partial charge is 0.335 e. The molecule has 2 unspecified atom stereocenters. The van der Waals surface area contributed by atoms with E-state index in [2.05, 4.69) is 59.2 Å². The van der Waals surface area contributed by atoms with Gasteiger partial charge in [-0.25, -0.2) is 4.98 Å². The number of imidazole rings is 1. The summed E-state index contributed by atoms with van der Waals surface area (Å²) in [5.74, 6) is 1.84. The Hall–Kier alpha value is -1.61. The van der Waals surface area contributed by atoms with Gasteiger partial charge in [0.1, 0.15) is 5.82 Å². The molecule has 1 aliphatic carbocycles. The number of hydrogen-bond acceptors (Lipinski definition) is 2. The second kappa shape index (κ2) is 6.44. The van der Waals surface area contributed by atoms with Crippen LogP contribution in [0.15, 0.2) is 36.7 Å². The predicted octanol–water partition coefficient (Wildman–Crippen LogP) is 3.15.